The first-order chi connectivity index (χ1) is 8.13. The van der Waals surface area contributed by atoms with E-state index in [4.69, 9.17) is 5.84 Å². The maximum atomic E-state index is 5.66. The molecule has 3 nitrogen and oxygen atoms in total. The molecule has 0 amide bonds. The van der Waals surface area contributed by atoms with Crippen LogP contribution >= 0.6 is 43.2 Å². The molecule has 1 unspecified atom stereocenters. The van der Waals surface area contributed by atoms with Gasteiger partial charge >= 0.3 is 0 Å². The SMILES string of the molecule is Cc1ccsc1C(NN)c1ncc(Br)cc1Br. The van der Waals surface area contributed by atoms with E-state index in [2.05, 4.69) is 60.6 Å². The quantitative estimate of drug-likeness (QED) is 0.636. The topological polar surface area (TPSA) is 50.9 Å². The van der Waals surface area contributed by atoms with Gasteiger partial charge in [0.15, 0.2) is 0 Å². The predicted molar refractivity (Wildman–Crippen MR) is 77.9 cm³/mol. The molecule has 0 saturated carbocycles. The van der Waals surface area contributed by atoms with Gasteiger partial charge in [-0.25, -0.2) is 5.43 Å². The molecule has 3 N–H and O–H groups in total. The standard InChI is InChI=1S/C11H11Br2N3S/c1-6-2-3-17-11(6)10(16-14)9-8(13)4-7(12)5-15-9/h2-5,10,16H,14H2,1H3. The van der Waals surface area contributed by atoms with E-state index in [1.54, 1.807) is 17.5 Å². The van der Waals surface area contributed by atoms with Crippen molar-refractivity contribution in [3.05, 3.63) is 48.8 Å². The van der Waals surface area contributed by atoms with Gasteiger partial charge in [-0.1, -0.05) is 0 Å². The van der Waals surface area contributed by atoms with Crippen LogP contribution in [0.25, 0.3) is 0 Å². The van der Waals surface area contributed by atoms with Crippen molar-refractivity contribution in [1.82, 2.24) is 10.4 Å². The van der Waals surface area contributed by atoms with Gasteiger partial charge in [0.1, 0.15) is 0 Å². The van der Waals surface area contributed by atoms with E-state index in [0.29, 0.717) is 0 Å². The monoisotopic (exact) mass is 375 g/mol. The van der Waals surface area contributed by atoms with Crippen LogP contribution in [0.4, 0.5) is 0 Å². The average Bonchev–Trinajstić information content (AvgIpc) is 2.69. The fraction of sp³-hybridized carbons (Fsp3) is 0.182. The Bertz CT molecular complexity index is 527. The molecular weight excluding hydrogens is 366 g/mol. The number of rotatable bonds is 3. The molecule has 2 aromatic rings. The number of pyridine rings is 1. The molecule has 0 aliphatic heterocycles. The Labute approximate surface area is 121 Å². The molecule has 2 aromatic heterocycles. The lowest BCUT2D eigenvalue weighted by atomic mass is 10.1. The lowest BCUT2D eigenvalue weighted by molar-refractivity contribution is 0.624. The first kappa shape index (κ1) is 13.2. The Kier molecular flexibility index (Phi) is 4.32. The lowest BCUT2D eigenvalue weighted by Crippen LogP contribution is -2.29. The predicted octanol–water partition coefficient (Wildman–Crippen LogP) is 3.53. The molecule has 17 heavy (non-hydrogen) atoms. The summed E-state index contributed by atoms with van der Waals surface area (Å²) in [5.41, 5.74) is 4.93. The van der Waals surface area contributed by atoms with Crippen molar-refractivity contribution in [2.45, 2.75) is 13.0 Å². The molecule has 0 fully saturated rings. The van der Waals surface area contributed by atoms with Crippen LogP contribution in [0.2, 0.25) is 0 Å². The zero-order valence-corrected chi connectivity index (χ0v) is 13.1. The second-order valence-electron chi connectivity index (χ2n) is 3.59. The highest BCUT2D eigenvalue weighted by molar-refractivity contribution is 9.11. The van der Waals surface area contributed by atoms with Crippen molar-refractivity contribution in [3.8, 4) is 0 Å². The smallest absolute Gasteiger partial charge is 0.0987 e. The summed E-state index contributed by atoms with van der Waals surface area (Å²) < 4.78 is 1.87. The van der Waals surface area contributed by atoms with Gasteiger partial charge in [-0.15, -0.1) is 11.3 Å². The third kappa shape index (κ3) is 2.77. The molecule has 90 valence electrons. The number of nitrogens with zero attached hydrogens (tertiary/aromatic N) is 1. The van der Waals surface area contributed by atoms with E-state index in [1.165, 1.54) is 10.4 Å². The van der Waals surface area contributed by atoms with Crippen LogP contribution in [0.1, 0.15) is 22.2 Å². The zero-order valence-electron chi connectivity index (χ0n) is 9.08. The fourth-order valence-corrected chi connectivity index (χ4v) is 3.80. The minimum Gasteiger partial charge on any atom is -0.270 e. The second kappa shape index (κ2) is 5.58. The maximum Gasteiger partial charge on any atom is 0.0987 e. The Balaban J connectivity index is 2.46. The number of nitrogens with two attached hydrogens (primary N) is 1. The zero-order chi connectivity index (χ0) is 12.4. The molecule has 0 bridgehead atoms. The molecule has 0 aromatic carbocycles. The number of halogens is 2. The van der Waals surface area contributed by atoms with Gasteiger partial charge < -0.3 is 0 Å². The summed E-state index contributed by atoms with van der Waals surface area (Å²) in [6.45, 7) is 2.07. The molecule has 1 atom stereocenters. The van der Waals surface area contributed by atoms with Crippen LogP contribution in [0.5, 0.6) is 0 Å². The van der Waals surface area contributed by atoms with Gasteiger partial charge in [0.25, 0.3) is 0 Å². The third-order valence-electron chi connectivity index (χ3n) is 2.44. The largest absolute Gasteiger partial charge is 0.270 e. The Hall–Kier alpha value is -0.270. The summed E-state index contributed by atoms with van der Waals surface area (Å²) >= 11 is 8.58. The summed E-state index contributed by atoms with van der Waals surface area (Å²) in [6.07, 6.45) is 1.77. The molecule has 0 spiro atoms. The molecular formula is C11H11Br2N3S. The van der Waals surface area contributed by atoms with Crippen LogP contribution in [0.3, 0.4) is 0 Å². The van der Waals surface area contributed by atoms with Crippen molar-refractivity contribution in [2.24, 2.45) is 5.84 Å². The van der Waals surface area contributed by atoms with E-state index < -0.39 is 0 Å². The Morgan fingerprint density at radius 3 is 2.76 bits per heavy atom. The number of hydrogen-bond acceptors (Lipinski definition) is 4. The van der Waals surface area contributed by atoms with Gasteiger partial charge in [0, 0.05) is 20.0 Å². The summed E-state index contributed by atoms with van der Waals surface area (Å²) in [5, 5.41) is 2.06. The summed E-state index contributed by atoms with van der Waals surface area (Å²) in [7, 11) is 0. The summed E-state index contributed by atoms with van der Waals surface area (Å²) in [4.78, 5) is 5.60. The first-order valence-electron chi connectivity index (χ1n) is 4.94. The number of thiophene rings is 1. The van der Waals surface area contributed by atoms with Gasteiger partial charge in [-0.2, -0.15) is 0 Å². The van der Waals surface area contributed by atoms with E-state index in [1.807, 2.05) is 6.07 Å². The minimum atomic E-state index is -0.0857. The molecule has 0 saturated heterocycles. The number of aryl methyl sites for hydroxylation is 1. The fourth-order valence-electron chi connectivity index (χ4n) is 1.60. The number of hydrogen-bond donors (Lipinski definition) is 2. The molecule has 0 aliphatic carbocycles. The second-order valence-corrected chi connectivity index (χ2v) is 6.31. The van der Waals surface area contributed by atoms with Crippen molar-refractivity contribution >= 4 is 43.2 Å². The minimum absolute atomic E-state index is 0.0857. The van der Waals surface area contributed by atoms with E-state index in [9.17, 15) is 0 Å². The van der Waals surface area contributed by atoms with Crippen molar-refractivity contribution in [3.63, 3.8) is 0 Å². The van der Waals surface area contributed by atoms with Crippen molar-refractivity contribution in [1.29, 1.82) is 0 Å². The molecule has 2 rings (SSSR count). The Morgan fingerprint density at radius 1 is 1.47 bits per heavy atom. The number of hydrazine groups is 1. The van der Waals surface area contributed by atoms with E-state index in [-0.39, 0.29) is 6.04 Å². The molecule has 0 radical (unpaired) electrons. The Morgan fingerprint density at radius 2 is 2.24 bits per heavy atom. The molecule has 2 heterocycles. The molecule has 6 heteroatoms. The normalized spacial score (nSPS) is 12.7. The van der Waals surface area contributed by atoms with Crippen LogP contribution < -0.4 is 11.3 Å². The van der Waals surface area contributed by atoms with Crippen LogP contribution in [0, 0.1) is 6.92 Å². The average molecular weight is 377 g/mol. The number of aromatic nitrogens is 1. The lowest BCUT2D eigenvalue weighted by Gasteiger charge is -2.16. The summed E-state index contributed by atoms with van der Waals surface area (Å²) in [5.74, 6) is 5.66. The highest BCUT2D eigenvalue weighted by Gasteiger charge is 2.19. The van der Waals surface area contributed by atoms with Crippen LogP contribution in [-0.4, -0.2) is 4.98 Å². The first-order valence-corrected chi connectivity index (χ1v) is 7.41. The van der Waals surface area contributed by atoms with Gasteiger partial charge in [-0.05, 0) is 61.9 Å². The van der Waals surface area contributed by atoms with Crippen LogP contribution in [-0.2, 0) is 0 Å². The van der Waals surface area contributed by atoms with E-state index in [0.717, 1.165) is 14.6 Å². The van der Waals surface area contributed by atoms with Gasteiger partial charge in [-0.3, -0.25) is 10.8 Å². The van der Waals surface area contributed by atoms with Crippen molar-refractivity contribution in [2.75, 3.05) is 0 Å². The highest BCUT2D eigenvalue weighted by Crippen LogP contribution is 2.32. The van der Waals surface area contributed by atoms with Crippen molar-refractivity contribution < 1.29 is 0 Å². The third-order valence-corrected chi connectivity index (χ3v) is 4.59. The van der Waals surface area contributed by atoms with Gasteiger partial charge in [0.05, 0.1) is 11.7 Å². The van der Waals surface area contributed by atoms with Crippen LogP contribution in [0.15, 0.2) is 32.7 Å². The maximum absolute atomic E-state index is 5.66. The highest BCUT2D eigenvalue weighted by atomic mass is 79.9. The summed E-state index contributed by atoms with van der Waals surface area (Å²) in [6, 6.07) is 3.96. The number of nitrogens with one attached hydrogen (secondary N) is 1. The van der Waals surface area contributed by atoms with E-state index >= 15 is 0 Å². The molecule has 0 aliphatic rings. The van der Waals surface area contributed by atoms with Gasteiger partial charge in [0.2, 0.25) is 0 Å².